The van der Waals surface area contributed by atoms with Crippen molar-refractivity contribution in [1.29, 1.82) is 0 Å². The SMILES string of the molecule is C#CCNS(=O)(=O)c1ccc(C(=O)NCCc2ccccn2)cc1. The van der Waals surface area contributed by atoms with Gasteiger partial charge in [-0.25, -0.2) is 8.42 Å². The zero-order chi connectivity index (χ0) is 17.4. The van der Waals surface area contributed by atoms with E-state index < -0.39 is 10.0 Å². The molecule has 2 rings (SSSR count). The Balaban J connectivity index is 1.93. The minimum atomic E-state index is -3.65. The summed E-state index contributed by atoms with van der Waals surface area (Å²) in [5.41, 5.74) is 1.27. The van der Waals surface area contributed by atoms with E-state index in [0.29, 0.717) is 18.5 Å². The number of sulfonamides is 1. The number of rotatable bonds is 7. The summed E-state index contributed by atoms with van der Waals surface area (Å²) < 4.78 is 26.0. The number of benzene rings is 1. The van der Waals surface area contributed by atoms with Crippen molar-refractivity contribution >= 4 is 15.9 Å². The minimum Gasteiger partial charge on any atom is -0.352 e. The van der Waals surface area contributed by atoms with E-state index in [0.717, 1.165) is 5.69 Å². The molecule has 0 saturated heterocycles. The van der Waals surface area contributed by atoms with Crippen molar-refractivity contribution in [1.82, 2.24) is 15.0 Å². The van der Waals surface area contributed by atoms with Crippen LogP contribution in [0, 0.1) is 12.3 Å². The Morgan fingerprint density at radius 3 is 2.54 bits per heavy atom. The molecule has 0 bridgehead atoms. The number of carbonyl (C=O) groups is 1. The maximum absolute atomic E-state index is 12.0. The van der Waals surface area contributed by atoms with E-state index in [1.807, 2.05) is 18.2 Å². The van der Waals surface area contributed by atoms with E-state index in [1.54, 1.807) is 6.20 Å². The van der Waals surface area contributed by atoms with Gasteiger partial charge in [0.15, 0.2) is 0 Å². The van der Waals surface area contributed by atoms with Crippen molar-refractivity contribution in [3.05, 3.63) is 59.9 Å². The second-order valence-electron chi connectivity index (χ2n) is 4.88. The molecule has 0 fully saturated rings. The third-order valence-electron chi connectivity index (χ3n) is 3.18. The topological polar surface area (TPSA) is 88.2 Å². The van der Waals surface area contributed by atoms with E-state index >= 15 is 0 Å². The van der Waals surface area contributed by atoms with Crippen molar-refractivity contribution < 1.29 is 13.2 Å². The first kappa shape index (κ1) is 17.7. The quantitative estimate of drug-likeness (QED) is 0.733. The van der Waals surface area contributed by atoms with E-state index in [-0.39, 0.29) is 17.3 Å². The Kier molecular flexibility index (Phi) is 6.07. The van der Waals surface area contributed by atoms with Crippen molar-refractivity contribution in [3.8, 4) is 12.3 Å². The highest BCUT2D eigenvalue weighted by Crippen LogP contribution is 2.10. The molecule has 7 heteroatoms. The van der Waals surface area contributed by atoms with E-state index in [1.165, 1.54) is 24.3 Å². The third kappa shape index (κ3) is 4.91. The Hall–Kier alpha value is -2.69. The zero-order valence-electron chi connectivity index (χ0n) is 12.9. The third-order valence-corrected chi connectivity index (χ3v) is 4.60. The van der Waals surface area contributed by atoms with Crippen LogP contribution in [0.1, 0.15) is 16.1 Å². The van der Waals surface area contributed by atoms with Crippen molar-refractivity contribution in [2.24, 2.45) is 0 Å². The highest BCUT2D eigenvalue weighted by atomic mass is 32.2. The molecule has 6 nitrogen and oxygen atoms in total. The van der Waals surface area contributed by atoms with Crippen LogP contribution in [-0.2, 0) is 16.4 Å². The van der Waals surface area contributed by atoms with Gasteiger partial charge in [0.25, 0.3) is 5.91 Å². The van der Waals surface area contributed by atoms with Gasteiger partial charge in [0, 0.05) is 30.4 Å². The smallest absolute Gasteiger partial charge is 0.251 e. The largest absolute Gasteiger partial charge is 0.352 e. The number of nitrogens with one attached hydrogen (secondary N) is 2. The number of hydrogen-bond acceptors (Lipinski definition) is 4. The Bertz CT molecular complexity index is 826. The Morgan fingerprint density at radius 1 is 1.17 bits per heavy atom. The van der Waals surface area contributed by atoms with Gasteiger partial charge in [-0.2, -0.15) is 4.72 Å². The number of hydrogen-bond donors (Lipinski definition) is 2. The molecule has 0 unspecified atom stereocenters. The van der Waals surface area contributed by atoms with Crippen LogP contribution in [0.25, 0.3) is 0 Å². The predicted octanol–water partition coefficient (Wildman–Crippen LogP) is 0.966. The predicted molar refractivity (Wildman–Crippen MR) is 90.7 cm³/mol. The molecule has 2 N–H and O–H groups in total. The summed E-state index contributed by atoms with van der Waals surface area (Å²) in [5, 5.41) is 2.77. The average Bonchev–Trinajstić information content (AvgIpc) is 2.61. The molecule has 2 aromatic rings. The highest BCUT2D eigenvalue weighted by molar-refractivity contribution is 7.89. The molecule has 1 amide bonds. The van der Waals surface area contributed by atoms with Crippen molar-refractivity contribution in [3.63, 3.8) is 0 Å². The summed E-state index contributed by atoms with van der Waals surface area (Å²) in [6.45, 7) is 0.359. The fourth-order valence-electron chi connectivity index (χ4n) is 1.96. The molecule has 124 valence electrons. The first-order valence-electron chi connectivity index (χ1n) is 7.24. The Labute approximate surface area is 141 Å². The molecule has 0 atom stereocenters. The van der Waals surface area contributed by atoms with Crippen LogP contribution < -0.4 is 10.0 Å². The fraction of sp³-hybridized carbons (Fsp3) is 0.176. The van der Waals surface area contributed by atoms with Crippen LogP contribution in [-0.4, -0.2) is 32.4 Å². The molecule has 1 heterocycles. The molecule has 0 aliphatic carbocycles. The van der Waals surface area contributed by atoms with Gasteiger partial charge in [-0.15, -0.1) is 6.42 Å². The average molecular weight is 343 g/mol. The van der Waals surface area contributed by atoms with Crippen molar-refractivity contribution in [2.45, 2.75) is 11.3 Å². The standard InChI is InChI=1S/C17H17N3O3S/c1-2-11-20-24(22,23)16-8-6-14(7-9-16)17(21)19-13-10-15-5-3-4-12-18-15/h1,3-9,12,20H,10-11,13H2,(H,19,21). The molecule has 0 aliphatic rings. The normalized spacial score (nSPS) is 10.8. The first-order chi connectivity index (χ1) is 11.5. The maximum Gasteiger partial charge on any atom is 0.251 e. The molecular formula is C17H17N3O3S. The maximum atomic E-state index is 12.0. The van der Waals surface area contributed by atoms with Crippen LogP contribution in [0.2, 0.25) is 0 Å². The second-order valence-corrected chi connectivity index (χ2v) is 6.65. The number of pyridine rings is 1. The molecule has 0 radical (unpaired) electrons. The molecule has 1 aromatic carbocycles. The molecular weight excluding hydrogens is 326 g/mol. The van der Waals surface area contributed by atoms with E-state index in [4.69, 9.17) is 6.42 Å². The van der Waals surface area contributed by atoms with Crippen LogP contribution in [0.5, 0.6) is 0 Å². The number of aromatic nitrogens is 1. The summed E-state index contributed by atoms with van der Waals surface area (Å²) in [5.74, 6) is 1.93. The minimum absolute atomic E-state index is 0.0581. The summed E-state index contributed by atoms with van der Waals surface area (Å²) in [7, 11) is -3.65. The number of amides is 1. The van der Waals surface area contributed by atoms with Crippen LogP contribution in [0.3, 0.4) is 0 Å². The lowest BCUT2D eigenvalue weighted by Crippen LogP contribution is -2.26. The first-order valence-corrected chi connectivity index (χ1v) is 8.72. The second kappa shape index (κ2) is 8.24. The number of terminal acetylenes is 1. The zero-order valence-corrected chi connectivity index (χ0v) is 13.7. The van der Waals surface area contributed by atoms with Gasteiger partial charge in [0.1, 0.15) is 0 Å². The van der Waals surface area contributed by atoms with Gasteiger partial charge < -0.3 is 5.32 Å². The summed E-state index contributed by atoms with van der Waals surface area (Å²) in [6.07, 6.45) is 7.35. The van der Waals surface area contributed by atoms with Gasteiger partial charge in [-0.3, -0.25) is 9.78 Å². The molecule has 0 aliphatic heterocycles. The summed E-state index contributed by atoms with van der Waals surface area (Å²) in [4.78, 5) is 16.3. The monoisotopic (exact) mass is 343 g/mol. The van der Waals surface area contributed by atoms with Crippen LogP contribution in [0.15, 0.2) is 53.6 Å². The van der Waals surface area contributed by atoms with Gasteiger partial charge in [0.05, 0.1) is 11.4 Å². The van der Waals surface area contributed by atoms with Gasteiger partial charge in [-0.1, -0.05) is 12.0 Å². The summed E-state index contributed by atoms with van der Waals surface area (Å²) >= 11 is 0. The lowest BCUT2D eigenvalue weighted by atomic mass is 10.2. The van der Waals surface area contributed by atoms with Gasteiger partial charge in [0.2, 0.25) is 10.0 Å². The number of carbonyl (C=O) groups excluding carboxylic acids is 1. The number of nitrogens with zero attached hydrogens (tertiary/aromatic N) is 1. The lowest BCUT2D eigenvalue weighted by molar-refractivity contribution is 0.0954. The lowest BCUT2D eigenvalue weighted by Gasteiger charge is -2.07. The van der Waals surface area contributed by atoms with E-state index in [2.05, 4.69) is 20.9 Å². The fourth-order valence-corrected chi connectivity index (χ4v) is 2.89. The summed E-state index contributed by atoms with van der Waals surface area (Å²) in [6, 6.07) is 11.3. The molecule has 1 aromatic heterocycles. The molecule has 0 saturated carbocycles. The van der Waals surface area contributed by atoms with Crippen molar-refractivity contribution in [2.75, 3.05) is 13.1 Å². The van der Waals surface area contributed by atoms with E-state index in [9.17, 15) is 13.2 Å². The molecule has 0 spiro atoms. The van der Waals surface area contributed by atoms with Crippen LogP contribution in [0.4, 0.5) is 0 Å². The van der Waals surface area contributed by atoms with Gasteiger partial charge in [-0.05, 0) is 36.4 Å². The molecule has 24 heavy (non-hydrogen) atoms. The van der Waals surface area contributed by atoms with Crippen LogP contribution >= 0.6 is 0 Å². The van der Waals surface area contributed by atoms with Gasteiger partial charge >= 0.3 is 0 Å². The highest BCUT2D eigenvalue weighted by Gasteiger charge is 2.13. The Morgan fingerprint density at radius 2 is 1.92 bits per heavy atom.